The molecule has 0 atom stereocenters. The summed E-state index contributed by atoms with van der Waals surface area (Å²) in [7, 11) is 0. The third-order valence-corrected chi connectivity index (χ3v) is 5.79. The molecule has 6 nitrogen and oxygen atoms in total. The molecule has 1 heterocycles. The number of nitrogens with one attached hydrogen (secondary N) is 2. The van der Waals surface area contributed by atoms with Crippen molar-refractivity contribution in [1.82, 2.24) is 15.6 Å². The zero-order valence-electron chi connectivity index (χ0n) is 17.1. The summed E-state index contributed by atoms with van der Waals surface area (Å²) in [5.41, 5.74) is 0.0611. The molecular weight excluding hydrogens is 405 g/mol. The number of aromatic nitrogens is 1. The van der Waals surface area contributed by atoms with Crippen LogP contribution >= 0.6 is 11.8 Å². The Balaban J connectivity index is 1.66. The van der Waals surface area contributed by atoms with Gasteiger partial charge in [-0.05, 0) is 56.2 Å². The van der Waals surface area contributed by atoms with E-state index in [4.69, 9.17) is 4.74 Å². The fourth-order valence-electron chi connectivity index (χ4n) is 3.42. The largest absolute Gasteiger partial charge is 0.438 e. The lowest BCUT2D eigenvalue weighted by Gasteiger charge is -2.29. The number of hydrogen-bond acceptors (Lipinski definition) is 5. The van der Waals surface area contributed by atoms with Crippen LogP contribution in [0.2, 0.25) is 0 Å². The maximum Gasteiger partial charge on any atom is 0.257 e. The van der Waals surface area contributed by atoms with Crippen molar-refractivity contribution < 1.29 is 18.7 Å². The van der Waals surface area contributed by atoms with Crippen LogP contribution in [0, 0.1) is 5.82 Å². The van der Waals surface area contributed by atoms with Crippen molar-refractivity contribution in [2.45, 2.75) is 56.0 Å². The third-order valence-electron chi connectivity index (χ3n) is 5.07. The summed E-state index contributed by atoms with van der Waals surface area (Å²) in [5, 5.41) is 5.95. The third kappa shape index (κ3) is 5.95. The fraction of sp³-hybridized carbons (Fsp3) is 0.409. The van der Waals surface area contributed by atoms with E-state index >= 15 is 0 Å². The molecule has 0 saturated heterocycles. The number of nitrogens with zero attached hydrogens (tertiary/aromatic N) is 1. The molecule has 1 aromatic carbocycles. The number of carbonyl (C=O) groups is 2. The Hall–Kier alpha value is -2.61. The van der Waals surface area contributed by atoms with E-state index in [0.717, 1.165) is 42.8 Å². The van der Waals surface area contributed by atoms with Gasteiger partial charge in [0, 0.05) is 23.4 Å². The maximum absolute atomic E-state index is 13.8. The molecule has 0 spiro atoms. The molecule has 1 fully saturated rings. The summed E-state index contributed by atoms with van der Waals surface area (Å²) in [4.78, 5) is 29.4. The minimum absolute atomic E-state index is 0.0387. The Morgan fingerprint density at radius 3 is 2.53 bits per heavy atom. The number of benzene rings is 1. The molecule has 3 rings (SSSR count). The average Bonchev–Trinajstić information content (AvgIpc) is 2.76. The van der Waals surface area contributed by atoms with Crippen molar-refractivity contribution in [3.63, 3.8) is 0 Å². The lowest BCUT2D eigenvalue weighted by atomic mass is 9.91. The molecule has 0 bridgehead atoms. The Bertz CT molecular complexity index is 901. The highest BCUT2D eigenvalue weighted by Crippen LogP contribution is 2.27. The molecule has 1 saturated carbocycles. The highest BCUT2D eigenvalue weighted by atomic mass is 32.2. The topological polar surface area (TPSA) is 80.3 Å². The lowest BCUT2D eigenvalue weighted by molar-refractivity contribution is -0.121. The number of ether oxygens (including phenoxy) is 1. The standard InChI is InChI=1S/C22H26FN3O3S/c1-3-20(27)25-15-7-9-16(10-8-15)26-21(28)19-11-14(23)13-24-22(19)29-17-5-4-6-18(12-17)30-2/h4-6,11-13,15-16H,3,7-10H2,1-2H3,(H,25,27)(H,26,28). The number of halogens is 1. The van der Waals surface area contributed by atoms with Crippen molar-refractivity contribution in [3.05, 3.63) is 47.9 Å². The van der Waals surface area contributed by atoms with Gasteiger partial charge in [-0.15, -0.1) is 11.8 Å². The number of thioether (sulfide) groups is 1. The van der Waals surface area contributed by atoms with Gasteiger partial charge in [0.1, 0.15) is 17.1 Å². The number of amides is 2. The van der Waals surface area contributed by atoms with Crippen molar-refractivity contribution in [1.29, 1.82) is 0 Å². The second-order valence-corrected chi connectivity index (χ2v) is 8.11. The highest BCUT2D eigenvalue weighted by Gasteiger charge is 2.25. The van der Waals surface area contributed by atoms with E-state index in [1.807, 2.05) is 31.4 Å². The maximum atomic E-state index is 13.8. The monoisotopic (exact) mass is 431 g/mol. The summed E-state index contributed by atoms with van der Waals surface area (Å²) in [5.74, 6) is -0.380. The van der Waals surface area contributed by atoms with E-state index in [0.29, 0.717) is 12.2 Å². The first kappa shape index (κ1) is 22.1. The van der Waals surface area contributed by atoms with Crippen LogP contribution in [0.5, 0.6) is 11.6 Å². The zero-order chi connectivity index (χ0) is 21.5. The first-order valence-corrected chi connectivity index (χ1v) is 11.3. The van der Waals surface area contributed by atoms with E-state index in [1.165, 1.54) is 0 Å². The first-order valence-electron chi connectivity index (χ1n) is 10.1. The predicted octanol–water partition coefficient (Wildman–Crippen LogP) is 4.30. The number of pyridine rings is 1. The van der Waals surface area contributed by atoms with Gasteiger partial charge in [0.15, 0.2) is 0 Å². The lowest BCUT2D eigenvalue weighted by Crippen LogP contribution is -2.43. The van der Waals surface area contributed by atoms with Crippen molar-refractivity contribution >= 4 is 23.6 Å². The molecule has 0 aliphatic heterocycles. The molecule has 2 N–H and O–H groups in total. The van der Waals surface area contributed by atoms with E-state index in [-0.39, 0.29) is 29.4 Å². The van der Waals surface area contributed by atoms with Gasteiger partial charge >= 0.3 is 0 Å². The van der Waals surface area contributed by atoms with Crippen molar-refractivity contribution in [2.75, 3.05) is 6.26 Å². The Labute approximate surface area is 180 Å². The van der Waals surface area contributed by atoms with Crippen LogP contribution < -0.4 is 15.4 Å². The van der Waals surface area contributed by atoms with Crippen LogP contribution in [-0.4, -0.2) is 35.1 Å². The Morgan fingerprint density at radius 2 is 1.87 bits per heavy atom. The fourth-order valence-corrected chi connectivity index (χ4v) is 3.87. The van der Waals surface area contributed by atoms with E-state index in [9.17, 15) is 14.0 Å². The van der Waals surface area contributed by atoms with Crippen LogP contribution in [-0.2, 0) is 4.79 Å². The van der Waals surface area contributed by atoms with Gasteiger partial charge in [-0.3, -0.25) is 9.59 Å². The van der Waals surface area contributed by atoms with E-state index < -0.39 is 11.7 Å². The van der Waals surface area contributed by atoms with Gasteiger partial charge in [0.05, 0.1) is 6.20 Å². The first-order chi connectivity index (χ1) is 14.5. The van der Waals surface area contributed by atoms with Crippen LogP contribution in [0.4, 0.5) is 4.39 Å². The molecule has 30 heavy (non-hydrogen) atoms. The quantitative estimate of drug-likeness (QED) is 0.639. The average molecular weight is 432 g/mol. The van der Waals surface area contributed by atoms with Crippen molar-refractivity contribution in [3.8, 4) is 11.6 Å². The van der Waals surface area contributed by atoms with Gasteiger partial charge in [-0.2, -0.15) is 0 Å². The molecule has 2 aromatic rings. The number of carbonyl (C=O) groups excluding carboxylic acids is 2. The predicted molar refractivity (Wildman–Crippen MR) is 114 cm³/mol. The molecule has 2 amide bonds. The molecule has 1 aliphatic rings. The molecule has 0 radical (unpaired) electrons. The van der Waals surface area contributed by atoms with Gasteiger partial charge in [-0.25, -0.2) is 9.37 Å². The minimum Gasteiger partial charge on any atom is -0.438 e. The molecule has 1 aliphatic carbocycles. The van der Waals surface area contributed by atoms with E-state index in [1.54, 1.807) is 17.8 Å². The van der Waals surface area contributed by atoms with Gasteiger partial charge in [0.2, 0.25) is 11.8 Å². The number of hydrogen-bond donors (Lipinski definition) is 2. The van der Waals surface area contributed by atoms with Crippen molar-refractivity contribution in [2.24, 2.45) is 0 Å². The summed E-state index contributed by atoms with van der Waals surface area (Å²) < 4.78 is 19.6. The minimum atomic E-state index is -0.601. The summed E-state index contributed by atoms with van der Waals surface area (Å²) in [6.07, 6.45) is 6.53. The molecule has 8 heteroatoms. The molecule has 160 valence electrons. The summed E-state index contributed by atoms with van der Waals surface area (Å²) in [6.45, 7) is 1.82. The second kappa shape index (κ2) is 10.4. The normalized spacial score (nSPS) is 18.5. The van der Waals surface area contributed by atoms with Crippen LogP contribution in [0.1, 0.15) is 49.4 Å². The Morgan fingerprint density at radius 1 is 1.17 bits per heavy atom. The van der Waals surface area contributed by atoms with Crippen LogP contribution in [0.25, 0.3) is 0 Å². The summed E-state index contributed by atoms with van der Waals surface area (Å²) in [6, 6.07) is 8.64. The zero-order valence-corrected chi connectivity index (χ0v) is 17.9. The summed E-state index contributed by atoms with van der Waals surface area (Å²) >= 11 is 1.57. The highest BCUT2D eigenvalue weighted by molar-refractivity contribution is 7.98. The number of rotatable bonds is 7. The molecular formula is C22H26FN3O3S. The smallest absolute Gasteiger partial charge is 0.257 e. The van der Waals surface area contributed by atoms with Crippen LogP contribution in [0.15, 0.2) is 41.4 Å². The SMILES string of the molecule is CCC(=O)NC1CCC(NC(=O)c2cc(F)cnc2Oc2cccc(SC)c2)CC1. The van der Waals surface area contributed by atoms with Gasteiger partial charge < -0.3 is 15.4 Å². The van der Waals surface area contributed by atoms with Crippen LogP contribution in [0.3, 0.4) is 0 Å². The second-order valence-electron chi connectivity index (χ2n) is 7.23. The Kier molecular flexibility index (Phi) is 7.68. The van der Waals surface area contributed by atoms with E-state index in [2.05, 4.69) is 15.6 Å². The molecule has 0 unspecified atom stereocenters. The van der Waals surface area contributed by atoms with Gasteiger partial charge in [-0.1, -0.05) is 13.0 Å². The molecule has 1 aromatic heterocycles. The van der Waals surface area contributed by atoms with Gasteiger partial charge in [0.25, 0.3) is 5.91 Å².